The van der Waals surface area contributed by atoms with Crippen LogP contribution in [-0.2, 0) is 17.5 Å². The average Bonchev–Trinajstić information content (AvgIpc) is 3.44. The molecule has 0 spiro atoms. The Bertz CT molecular complexity index is 1280. The molecule has 2 amide bonds. The number of fused-ring (bicyclic) bond motifs is 1. The highest BCUT2D eigenvalue weighted by Crippen LogP contribution is 2.44. The van der Waals surface area contributed by atoms with Crippen molar-refractivity contribution in [3.63, 3.8) is 0 Å². The molecule has 0 radical (unpaired) electrons. The summed E-state index contributed by atoms with van der Waals surface area (Å²) in [5, 5.41) is 5.73. The van der Waals surface area contributed by atoms with E-state index in [0.717, 1.165) is 18.9 Å². The first-order valence-corrected chi connectivity index (χ1v) is 10.9. The number of halogens is 3. The molecule has 186 valence electrons. The zero-order valence-electron chi connectivity index (χ0n) is 19.1. The number of alkyl halides is 3. The molecule has 35 heavy (non-hydrogen) atoms. The first kappa shape index (κ1) is 24.5. The minimum absolute atomic E-state index is 0.000210. The minimum Gasteiger partial charge on any atom is -0.494 e. The number of nitrogens with one attached hydrogen (secondary N) is 2. The number of nitrogens with zero attached hydrogens (tertiary/aromatic N) is 2. The Morgan fingerprint density at radius 3 is 2.49 bits per heavy atom. The number of carbonyl (C=O) groups is 2. The molecule has 1 aromatic carbocycles. The number of benzene rings is 1. The molecule has 1 saturated carbocycles. The van der Waals surface area contributed by atoms with E-state index < -0.39 is 17.8 Å². The van der Waals surface area contributed by atoms with Gasteiger partial charge >= 0.3 is 6.18 Å². The molecule has 1 aliphatic rings. The molecule has 2 aromatic heterocycles. The van der Waals surface area contributed by atoms with Gasteiger partial charge in [-0.1, -0.05) is 6.92 Å². The summed E-state index contributed by atoms with van der Waals surface area (Å²) in [5.41, 5.74) is 4.59. The van der Waals surface area contributed by atoms with Gasteiger partial charge in [-0.3, -0.25) is 9.59 Å². The third kappa shape index (κ3) is 4.92. The van der Waals surface area contributed by atoms with Gasteiger partial charge in [0.2, 0.25) is 11.8 Å². The number of nitrogens with two attached hydrogens (primary N) is 1. The van der Waals surface area contributed by atoms with Crippen molar-refractivity contribution in [2.75, 3.05) is 20.2 Å². The number of carbonyl (C=O) groups excluding carboxylic acids is 2. The van der Waals surface area contributed by atoms with Crippen molar-refractivity contribution in [2.45, 2.75) is 32.5 Å². The fourth-order valence-corrected chi connectivity index (χ4v) is 3.55. The number of pyridine rings is 1. The van der Waals surface area contributed by atoms with Crippen molar-refractivity contribution in [2.24, 2.45) is 11.1 Å². The monoisotopic (exact) mass is 491 g/mol. The molecule has 3 aromatic rings. The van der Waals surface area contributed by atoms with Gasteiger partial charge in [0, 0.05) is 29.5 Å². The second-order valence-electron chi connectivity index (χ2n) is 8.47. The molecule has 0 saturated heterocycles. The summed E-state index contributed by atoms with van der Waals surface area (Å²) in [6, 6.07) is 5.10. The van der Waals surface area contributed by atoms with E-state index in [1.165, 1.54) is 19.2 Å². The lowest BCUT2D eigenvalue weighted by molar-refractivity contribution is -0.141. The summed E-state index contributed by atoms with van der Waals surface area (Å²) in [6.45, 7) is 2.17. The van der Waals surface area contributed by atoms with E-state index in [4.69, 9.17) is 14.9 Å². The lowest BCUT2D eigenvalue weighted by atomic mass is 10.1. The maximum absolute atomic E-state index is 13.2. The highest BCUT2D eigenvalue weighted by atomic mass is 19.4. The standard InChI is InChI=1S/C23H24F3N5O4/c1-22(7-8-22)21(33)29-10-9-28-19(32)18-15(11-27)35-20(31-18)13-3-5-14(34-2)17-12(13)4-6-16(30-17)23(24,25)26/h3-6H,7-11,27H2,1-2H3,(H,28,32)(H,29,33). The number of ether oxygens (including phenoxy) is 1. The number of hydrogen-bond acceptors (Lipinski definition) is 7. The SMILES string of the molecule is COc1ccc(-c2nc(C(=O)NCCNC(=O)C3(C)CC3)c(CN)o2)c2ccc(C(F)(F)F)nc12. The summed E-state index contributed by atoms with van der Waals surface area (Å²) in [7, 11) is 1.32. The van der Waals surface area contributed by atoms with Crippen LogP contribution in [0.25, 0.3) is 22.4 Å². The summed E-state index contributed by atoms with van der Waals surface area (Å²) >= 11 is 0. The van der Waals surface area contributed by atoms with Crippen LogP contribution in [0, 0.1) is 5.41 Å². The highest BCUT2D eigenvalue weighted by molar-refractivity contribution is 5.98. The topological polar surface area (TPSA) is 132 Å². The van der Waals surface area contributed by atoms with Crippen LogP contribution in [-0.4, -0.2) is 42.0 Å². The van der Waals surface area contributed by atoms with Crippen LogP contribution in [0.1, 0.15) is 41.7 Å². The van der Waals surface area contributed by atoms with Crippen LogP contribution in [0.2, 0.25) is 0 Å². The Balaban J connectivity index is 1.58. The molecule has 0 unspecified atom stereocenters. The van der Waals surface area contributed by atoms with Gasteiger partial charge in [-0.05, 0) is 37.1 Å². The normalized spacial score (nSPS) is 14.6. The fraction of sp³-hybridized carbons (Fsp3) is 0.391. The van der Waals surface area contributed by atoms with Crippen LogP contribution in [0.4, 0.5) is 13.2 Å². The molecule has 1 fully saturated rings. The third-order valence-corrected chi connectivity index (χ3v) is 5.90. The fourth-order valence-electron chi connectivity index (χ4n) is 3.55. The maximum atomic E-state index is 13.2. The number of oxazole rings is 1. The van der Waals surface area contributed by atoms with Gasteiger partial charge in [0.1, 0.15) is 17.0 Å². The van der Waals surface area contributed by atoms with Gasteiger partial charge in [-0.15, -0.1) is 0 Å². The Hall–Kier alpha value is -3.67. The smallest absolute Gasteiger partial charge is 0.433 e. The Kier molecular flexibility index (Phi) is 6.41. The first-order chi connectivity index (χ1) is 16.6. The van der Waals surface area contributed by atoms with Gasteiger partial charge in [-0.25, -0.2) is 9.97 Å². The number of amides is 2. The predicted octanol–water partition coefficient (Wildman–Crippen LogP) is 3.02. The number of rotatable bonds is 8. The molecular weight excluding hydrogens is 467 g/mol. The molecule has 0 bridgehead atoms. The summed E-state index contributed by atoms with van der Waals surface area (Å²) in [4.78, 5) is 32.6. The van der Waals surface area contributed by atoms with Crippen molar-refractivity contribution in [3.8, 4) is 17.2 Å². The molecular formula is C23H24F3N5O4. The largest absolute Gasteiger partial charge is 0.494 e. The average molecular weight is 491 g/mol. The third-order valence-electron chi connectivity index (χ3n) is 5.90. The van der Waals surface area contributed by atoms with Crippen molar-refractivity contribution in [1.82, 2.24) is 20.6 Å². The second-order valence-corrected chi connectivity index (χ2v) is 8.47. The summed E-state index contributed by atoms with van der Waals surface area (Å²) in [6.07, 6.45) is -2.94. The quantitative estimate of drug-likeness (QED) is 0.413. The Morgan fingerprint density at radius 1 is 1.14 bits per heavy atom. The van der Waals surface area contributed by atoms with Crippen LogP contribution >= 0.6 is 0 Å². The lowest BCUT2D eigenvalue weighted by Crippen LogP contribution is -2.37. The van der Waals surface area contributed by atoms with E-state index in [-0.39, 0.29) is 59.6 Å². The van der Waals surface area contributed by atoms with E-state index in [1.807, 2.05) is 6.92 Å². The van der Waals surface area contributed by atoms with Gasteiger partial charge in [0.05, 0.1) is 13.7 Å². The Morgan fingerprint density at radius 2 is 1.86 bits per heavy atom. The van der Waals surface area contributed by atoms with Crippen molar-refractivity contribution in [1.29, 1.82) is 0 Å². The van der Waals surface area contributed by atoms with Crippen LogP contribution in [0.5, 0.6) is 5.75 Å². The van der Waals surface area contributed by atoms with Crippen LogP contribution in [0.15, 0.2) is 28.7 Å². The maximum Gasteiger partial charge on any atom is 0.433 e. The van der Waals surface area contributed by atoms with E-state index in [0.29, 0.717) is 10.9 Å². The number of methoxy groups -OCH3 is 1. The van der Waals surface area contributed by atoms with Crippen molar-refractivity contribution in [3.05, 3.63) is 41.4 Å². The lowest BCUT2D eigenvalue weighted by Gasteiger charge is -2.11. The van der Waals surface area contributed by atoms with Crippen molar-refractivity contribution >= 4 is 22.7 Å². The molecule has 9 nitrogen and oxygen atoms in total. The second kappa shape index (κ2) is 9.17. The van der Waals surface area contributed by atoms with E-state index in [9.17, 15) is 22.8 Å². The van der Waals surface area contributed by atoms with E-state index in [2.05, 4.69) is 20.6 Å². The molecule has 4 N–H and O–H groups in total. The summed E-state index contributed by atoms with van der Waals surface area (Å²) < 4.78 is 50.4. The zero-order valence-corrected chi connectivity index (χ0v) is 19.1. The van der Waals surface area contributed by atoms with E-state index >= 15 is 0 Å². The molecule has 12 heteroatoms. The van der Waals surface area contributed by atoms with E-state index in [1.54, 1.807) is 6.07 Å². The molecule has 2 heterocycles. The number of aromatic nitrogens is 2. The molecule has 4 rings (SSSR count). The highest BCUT2D eigenvalue weighted by Gasteiger charge is 2.44. The zero-order chi connectivity index (χ0) is 25.4. The summed E-state index contributed by atoms with van der Waals surface area (Å²) in [5.74, 6) is -0.356. The van der Waals surface area contributed by atoms with Gasteiger partial charge in [0.15, 0.2) is 11.5 Å². The number of hydrogen-bond donors (Lipinski definition) is 3. The molecule has 1 aliphatic carbocycles. The van der Waals surface area contributed by atoms with Gasteiger partial charge in [0.25, 0.3) is 5.91 Å². The van der Waals surface area contributed by atoms with Crippen LogP contribution in [0.3, 0.4) is 0 Å². The molecule has 0 aliphatic heterocycles. The molecule has 0 atom stereocenters. The first-order valence-electron chi connectivity index (χ1n) is 10.9. The minimum atomic E-state index is -4.63. The van der Waals surface area contributed by atoms with Gasteiger partial charge < -0.3 is 25.5 Å². The van der Waals surface area contributed by atoms with Gasteiger partial charge in [-0.2, -0.15) is 13.2 Å². The van der Waals surface area contributed by atoms with Crippen LogP contribution < -0.4 is 21.1 Å². The predicted molar refractivity (Wildman–Crippen MR) is 119 cm³/mol. The van der Waals surface area contributed by atoms with Crippen molar-refractivity contribution < 1.29 is 31.9 Å². The Labute approximate surface area is 198 Å².